The molecule has 0 spiro atoms. The molecule has 0 atom stereocenters. The molecule has 3 rings (SSSR count). The van der Waals surface area contributed by atoms with Crippen LogP contribution in [0.4, 0.5) is 0 Å². The molecule has 0 aromatic heterocycles. The normalized spacial score (nSPS) is 12.4. The van der Waals surface area contributed by atoms with E-state index in [1.807, 2.05) is 24.3 Å². The molecule has 0 unspecified atom stereocenters. The Morgan fingerprint density at radius 2 is 0.853 bits per heavy atom. The molecule has 0 heterocycles. The van der Waals surface area contributed by atoms with Gasteiger partial charge in [0.05, 0.1) is 12.4 Å². The standard InChI is InChI=1S/C30H36N2O2/c1-29(2,3)27-15-11-23(12-16-27)19-31-33-21-25-7-9-26(10-8-25)22-34-32-20-24-13-17-28(18-14-24)30(4,5)6/h7-20H,21-22H2,1-6H3/b31-19+,32-20+. The molecule has 3 aromatic rings. The first-order chi connectivity index (χ1) is 16.1. The van der Waals surface area contributed by atoms with Crippen LogP contribution in [0.1, 0.15) is 74.9 Å². The summed E-state index contributed by atoms with van der Waals surface area (Å²) in [6.45, 7) is 14.1. The molecule has 34 heavy (non-hydrogen) atoms. The first-order valence-corrected chi connectivity index (χ1v) is 11.7. The van der Waals surface area contributed by atoms with E-state index in [9.17, 15) is 0 Å². The zero-order chi connectivity index (χ0) is 24.6. The maximum Gasteiger partial charge on any atom is 0.142 e. The summed E-state index contributed by atoms with van der Waals surface area (Å²) in [6.07, 6.45) is 3.48. The molecule has 4 heteroatoms. The molecule has 0 N–H and O–H groups in total. The van der Waals surface area contributed by atoms with Gasteiger partial charge < -0.3 is 9.68 Å². The maximum absolute atomic E-state index is 5.45. The van der Waals surface area contributed by atoms with Gasteiger partial charge in [-0.2, -0.15) is 0 Å². The molecule has 0 amide bonds. The fraction of sp³-hybridized carbons (Fsp3) is 0.333. The highest BCUT2D eigenvalue weighted by molar-refractivity contribution is 5.79. The van der Waals surface area contributed by atoms with Gasteiger partial charge >= 0.3 is 0 Å². The topological polar surface area (TPSA) is 43.2 Å². The molecule has 4 nitrogen and oxygen atoms in total. The average Bonchev–Trinajstić information content (AvgIpc) is 2.80. The second-order valence-electron chi connectivity index (χ2n) is 10.6. The van der Waals surface area contributed by atoms with Crippen molar-refractivity contribution in [1.29, 1.82) is 0 Å². The van der Waals surface area contributed by atoms with Crippen LogP contribution in [0.3, 0.4) is 0 Å². The van der Waals surface area contributed by atoms with Crippen LogP contribution in [-0.2, 0) is 33.7 Å². The minimum absolute atomic E-state index is 0.147. The molecule has 0 saturated heterocycles. The number of oxime groups is 2. The van der Waals surface area contributed by atoms with Gasteiger partial charge in [-0.1, -0.05) is 125 Å². The number of rotatable bonds is 8. The smallest absolute Gasteiger partial charge is 0.142 e. The minimum atomic E-state index is 0.147. The highest BCUT2D eigenvalue weighted by Gasteiger charge is 2.13. The molecule has 0 radical (unpaired) electrons. The second kappa shape index (κ2) is 11.1. The Kier molecular flexibility index (Phi) is 8.27. The first-order valence-electron chi connectivity index (χ1n) is 11.7. The van der Waals surface area contributed by atoms with Crippen molar-refractivity contribution in [3.05, 3.63) is 106 Å². The Labute approximate surface area is 204 Å². The fourth-order valence-electron chi connectivity index (χ4n) is 3.29. The summed E-state index contributed by atoms with van der Waals surface area (Å²) in [4.78, 5) is 10.9. The van der Waals surface area contributed by atoms with Gasteiger partial charge in [0.25, 0.3) is 0 Å². The van der Waals surface area contributed by atoms with Crippen molar-refractivity contribution in [1.82, 2.24) is 0 Å². The summed E-state index contributed by atoms with van der Waals surface area (Å²) < 4.78 is 0. The number of hydrogen-bond acceptors (Lipinski definition) is 4. The Bertz CT molecular complexity index is 993. The van der Waals surface area contributed by atoms with E-state index in [1.165, 1.54) is 11.1 Å². The lowest BCUT2D eigenvalue weighted by Gasteiger charge is -2.18. The van der Waals surface area contributed by atoms with Crippen molar-refractivity contribution in [2.24, 2.45) is 10.3 Å². The van der Waals surface area contributed by atoms with E-state index in [-0.39, 0.29) is 10.8 Å². The van der Waals surface area contributed by atoms with Crippen molar-refractivity contribution in [2.75, 3.05) is 0 Å². The third-order valence-corrected chi connectivity index (χ3v) is 5.59. The van der Waals surface area contributed by atoms with Crippen molar-refractivity contribution < 1.29 is 9.68 Å². The summed E-state index contributed by atoms with van der Waals surface area (Å²) in [5.74, 6) is 0. The predicted molar refractivity (Wildman–Crippen MR) is 141 cm³/mol. The zero-order valence-corrected chi connectivity index (χ0v) is 21.2. The van der Waals surface area contributed by atoms with E-state index in [2.05, 4.69) is 100 Å². The average molecular weight is 457 g/mol. The second-order valence-corrected chi connectivity index (χ2v) is 10.6. The monoisotopic (exact) mass is 456 g/mol. The Morgan fingerprint density at radius 3 is 1.15 bits per heavy atom. The largest absolute Gasteiger partial charge is 0.391 e. The van der Waals surface area contributed by atoms with Gasteiger partial charge in [-0.15, -0.1) is 0 Å². The van der Waals surface area contributed by atoms with Crippen LogP contribution in [0.2, 0.25) is 0 Å². The molecule has 0 saturated carbocycles. The quantitative estimate of drug-likeness (QED) is 0.262. The van der Waals surface area contributed by atoms with Crippen LogP contribution >= 0.6 is 0 Å². The lowest BCUT2D eigenvalue weighted by Crippen LogP contribution is -2.10. The Balaban J connectivity index is 1.41. The summed E-state index contributed by atoms with van der Waals surface area (Å²) in [6, 6.07) is 24.8. The van der Waals surface area contributed by atoms with E-state index in [1.54, 1.807) is 12.4 Å². The number of benzene rings is 3. The van der Waals surface area contributed by atoms with Gasteiger partial charge in [0.15, 0.2) is 0 Å². The third kappa shape index (κ3) is 7.87. The highest BCUT2D eigenvalue weighted by Crippen LogP contribution is 2.22. The van der Waals surface area contributed by atoms with E-state index in [0.717, 1.165) is 22.3 Å². The van der Waals surface area contributed by atoms with Crippen LogP contribution < -0.4 is 0 Å². The molecule has 0 aliphatic carbocycles. The van der Waals surface area contributed by atoms with E-state index in [0.29, 0.717) is 13.2 Å². The van der Waals surface area contributed by atoms with Crippen LogP contribution in [0.15, 0.2) is 83.1 Å². The molecule has 178 valence electrons. The predicted octanol–water partition coefficient (Wildman–Crippen LogP) is 7.38. The molecule has 0 aliphatic rings. The Hall–Kier alpha value is -3.40. The summed E-state index contributed by atoms with van der Waals surface area (Å²) in [7, 11) is 0. The van der Waals surface area contributed by atoms with Crippen molar-refractivity contribution >= 4 is 12.4 Å². The summed E-state index contributed by atoms with van der Waals surface area (Å²) in [5, 5.41) is 8.18. The van der Waals surface area contributed by atoms with Gasteiger partial charge in [0.1, 0.15) is 13.2 Å². The summed E-state index contributed by atoms with van der Waals surface area (Å²) >= 11 is 0. The van der Waals surface area contributed by atoms with E-state index in [4.69, 9.17) is 9.68 Å². The third-order valence-electron chi connectivity index (χ3n) is 5.59. The van der Waals surface area contributed by atoms with Crippen LogP contribution in [0, 0.1) is 0 Å². The molecule has 0 bridgehead atoms. The van der Waals surface area contributed by atoms with Gasteiger partial charge in [-0.05, 0) is 44.2 Å². The minimum Gasteiger partial charge on any atom is -0.391 e. The van der Waals surface area contributed by atoms with Crippen LogP contribution in [-0.4, -0.2) is 12.4 Å². The van der Waals surface area contributed by atoms with Gasteiger partial charge in [0.2, 0.25) is 0 Å². The van der Waals surface area contributed by atoms with E-state index < -0.39 is 0 Å². The Morgan fingerprint density at radius 1 is 0.529 bits per heavy atom. The van der Waals surface area contributed by atoms with Crippen molar-refractivity contribution in [3.8, 4) is 0 Å². The van der Waals surface area contributed by atoms with Crippen LogP contribution in [0.25, 0.3) is 0 Å². The van der Waals surface area contributed by atoms with Crippen molar-refractivity contribution in [2.45, 2.75) is 65.6 Å². The lowest BCUT2D eigenvalue weighted by atomic mass is 9.87. The number of hydrogen-bond donors (Lipinski definition) is 0. The van der Waals surface area contributed by atoms with Gasteiger partial charge in [-0.25, -0.2) is 0 Å². The number of nitrogens with zero attached hydrogens (tertiary/aromatic N) is 2. The molecule has 3 aromatic carbocycles. The summed E-state index contributed by atoms with van der Waals surface area (Å²) in [5.41, 5.74) is 7.03. The highest BCUT2D eigenvalue weighted by atomic mass is 16.6. The molecular weight excluding hydrogens is 420 g/mol. The maximum atomic E-state index is 5.45. The fourth-order valence-corrected chi connectivity index (χ4v) is 3.29. The van der Waals surface area contributed by atoms with E-state index >= 15 is 0 Å². The van der Waals surface area contributed by atoms with Crippen LogP contribution in [0.5, 0.6) is 0 Å². The van der Waals surface area contributed by atoms with Gasteiger partial charge in [-0.3, -0.25) is 0 Å². The molecule has 0 aliphatic heterocycles. The molecule has 0 fully saturated rings. The van der Waals surface area contributed by atoms with Crippen molar-refractivity contribution in [3.63, 3.8) is 0 Å². The lowest BCUT2D eigenvalue weighted by molar-refractivity contribution is 0.130. The first kappa shape index (κ1) is 25.2. The zero-order valence-electron chi connectivity index (χ0n) is 21.2. The SMILES string of the molecule is CC(C)(C)c1ccc(/C=N/OCc2ccc(CO/N=C/c3ccc(C(C)(C)C)cc3)cc2)cc1. The molecular formula is C30H36N2O2. The van der Waals surface area contributed by atoms with Gasteiger partial charge in [0, 0.05) is 0 Å².